The van der Waals surface area contributed by atoms with Gasteiger partial charge in [0.25, 0.3) is 0 Å². The Kier molecular flexibility index (Phi) is 15.7. The summed E-state index contributed by atoms with van der Waals surface area (Å²) in [4.78, 5) is 22.2. The fourth-order valence-corrected chi connectivity index (χ4v) is 5.71. The standard InChI is InChI=1S/C16H36N.C14H10O5S/c1-5-9-13-17(14-10-6-2,15-11-7-3)16-12-8-4;15-13(16)9-5-1-3-7-11(9)20(19)12-8-4-2-6-10(12)14(17)18/h5-16H2,1-4H3;1-8H,(H,15,16)(H,17,18)/q+1;/p-1. The van der Waals surface area contributed by atoms with Crippen LogP contribution in [0.4, 0.5) is 0 Å². The van der Waals surface area contributed by atoms with Gasteiger partial charge in [-0.05, 0) is 43.9 Å². The fraction of sp³-hybridized carbons (Fsp3) is 0.533. The Morgan fingerprint density at radius 3 is 1.41 bits per heavy atom. The molecule has 0 heterocycles. The summed E-state index contributed by atoms with van der Waals surface area (Å²) in [6.07, 6.45) is 11.1. The minimum atomic E-state index is -1.91. The van der Waals surface area contributed by atoms with Gasteiger partial charge >= 0.3 is 5.97 Å². The van der Waals surface area contributed by atoms with Crippen molar-refractivity contribution in [3.8, 4) is 0 Å². The molecule has 0 bridgehead atoms. The van der Waals surface area contributed by atoms with Crippen LogP contribution in [0.25, 0.3) is 0 Å². The number of unbranched alkanes of at least 4 members (excludes halogenated alkanes) is 4. The summed E-state index contributed by atoms with van der Waals surface area (Å²) in [6, 6.07) is 11.4. The van der Waals surface area contributed by atoms with Gasteiger partial charge in [0, 0.05) is 5.56 Å². The predicted octanol–water partition coefficient (Wildman–Crippen LogP) is 5.92. The van der Waals surface area contributed by atoms with E-state index in [2.05, 4.69) is 27.7 Å². The minimum Gasteiger partial charge on any atom is -0.545 e. The molecule has 0 amide bonds. The van der Waals surface area contributed by atoms with Crippen molar-refractivity contribution in [2.24, 2.45) is 0 Å². The minimum absolute atomic E-state index is 0.0150. The largest absolute Gasteiger partial charge is 0.545 e. The summed E-state index contributed by atoms with van der Waals surface area (Å²) in [6.45, 7) is 15.0. The van der Waals surface area contributed by atoms with Crippen LogP contribution < -0.4 is 5.11 Å². The Hall–Kier alpha value is -2.51. The maximum atomic E-state index is 12.5. The number of benzene rings is 2. The molecule has 0 aliphatic rings. The summed E-state index contributed by atoms with van der Waals surface area (Å²) in [5, 5.41) is 20.1. The van der Waals surface area contributed by atoms with Gasteiger partial charge in [-0.15, -0.1) is 0 Å². The molecule has 1 N–H and O–H groups in total. The molecule has 7 heteroatoms. The first-order valence-electron chi connectivity index (χ1n) is 13.7. The lowest BCUT2D eigenvalue weighted by atomic mass is 10.1. The van der Waals surface area contributed by atoms with Crippen LogP contribution >= 0.6 is 0 Å². The zero-order valence-electron chi connectivity index (χ0n) is 23.0. The van der Waals surface area contributed by atoms with E-state index in [1.54, 1.807) is 6.07 Å². The van der Waals surface area contributed by atoms with Crippen molar-refractivity contribution in [3.05, 3.63) is 59.7 Å². The smallest absolute Gasteiger partial charge is 0.336 e. The molecule has 206 valence electrons. The fourth-order valence-electron chi connectivity index (χ4n) is 4.37. The first-order valence-corrected chi connectivity index (χ1v) is 14.8. The van der Waals surface area contributed by atoms with Crippen molar-refractivity contribution in [3.63, 3.8) is 0 Å². The number of nitrogens with zero attached hydrogens (tertiary/aromatic N) is 1. The van der Waals surface area contributed by atoms with Crippen molar-refractivity contribution in [2.75, 3.05) is 26.2 Å². The van der Waals surface area contributed by atoms with Crippen molar-refractivity contribution in [2.45, 2.75) is 88.9 Å². The monoisotopic (exact) mass is 531 g/mol. The number of carboxylic acids is 2. The first kappa shape index (κ1) is 32.5. The molecular weight excluding hydrogens is 486 g/mol. The second kappa shape index (κ2) is 17.9. The van der Waals surface area contributed by atoms with Crippen LogP contribution in [-0.2, 0) is 10.8 Å². The van der Waals surface area contributed by atoms with E-state index in [1.807, 2.05) is 0 Å². The highest BCUT2D eigenvalue weighted by molar-refractivity contribution is 7.85. The molecule has 0 fully saturated rings. The summed E-state index contributed by atoms with van der Waals surface area (Å²) >= 11 is 0. The van der Waals surface area contributed by atoms with E-state index in [4.69, 9.17) is 5.11 Å². The molecule has 0 saturated carbocycles. The van der Waals surface area contributed by atoms with E-state index >= 15 is 0 Å². The van der Waals surface area contributed by atoms with E-state index in [9.17, 15) is 18.9 Å². The van der Waals surface area contributed by atoms with Gasteiger partial charge in [-0.3, -0.25) is 0 Å². The highest BCUT2D eigenvalue weighted by atomic mass is 32.2. The summed E-state index contributed by atoms with van der Waals surface area (Å²) in [5.74, 6) is -2.68. The summed E-state index contributed by atoms with van der Waals surface area (Å²) < 4.78 is 13.9. The zero-order chi connectivity index (χ0) is 27.7. The van der Waals surface area contributed by atoms with E-state index in [0.29, 0.717) is 0 Å². The lowest BCUT2D eigenvalue weighted by Gasteiger charge is -2.39. The van der Waals surface area contributed by atoms with E-state index in [1.165, 1.54) is 124 Å². The number of carboxylic acid groups (broad SMARTS) is 2. The number of hydrogen-bond donors (Lipinski definition) is 1. The average Bonchev–Trinajstić information content (AvgIpc) is 2.92. The molecule has 0 aliphatic heterocycles. The van der Waals surface area contributed by atoms with Crippen molar-refractivity contribution in [1.82, 2.24) is 0 Å². The predicted molar refractivity (Wildman–Crippen MR) is 148 cm³/mol. The molecule has 2 rings (SSSR count). The maximum Gasteiger partial charge on any atom is 0.336 e. The molecule has 37 heavy (non-hydrogen) atoms. The summed E-state index contributed by atoms with van der Waals surface area (Å²) in [5.41, 5.74) is -0.343. The number of rotatable bonds is 16. The molecule has 0 spiro atoms. The van der Waals surface area contributed by atoms with Crippen LogP contribution in [0, 0.1) is 0 Å². The first-order chi connectivity index (χ1) is 17.8. The third-order valence-corrected chi connectivity index (χ3v) is 8.08. The van der Waals surface area contributed by atoms with E-state index in [-0.39, 0.29) is 20.9 Å². The number of aromatic carboxylic acids is 2. The van der Waals surface area contributed by atoms with Gasteiger partial charge in [-0.1, -0.05) is 83.7 Å². The van der Waals surface area contributed by atoms with Gasteiger partial charge in [0.15, 0.2) is 0 Å². The molecule has 1 atom stereocenters. The quantitative estimate of drug-likeness (QED) is 0.271. The second-order valence-electron chi connectivity index (χ2n) is 9.50. The SMILES string of the molecule is CCCC[N+](CCCC)(CCCC)CCCC.O=C([O-])c1ccccc1S(=O)c1ccccc1C(=O)O. The number of hydrogen-bond acceptors (Lipinski definition) is 4. The molecular formula is C30H45NO5S. The molecule has 0 saturated heterocycles. The number of quaternary nitrogens is 1. The van der Waals surface area contributed by atoms with Gasteiger partial charge in [-0.2, -0.15) is 0 Å². The van der Waals surface area contributed by atoms with Crippen LogP contribution in [-0.4, -0.2) is 51.9 Å². The van der Waals surface area contributed by atoms with Crippen molar-refractivity contribution >= 4 is 22.7 Å². The normalized spacial score (nSPS) is 11.9. The molecule has 6 nitrogen and oxygen atoms in total. The van der Waals surface area contributed by atoms with Gasteiger partial charge < -0.3 is 19.5 Å². The Morgan fingerprint density at radius 1 is 0.703 bits per heavy atom. The highest BCUT2D eigenvalue weighted by Gasteiger charge is 2.24. The van der Waals surface area contributed by atoms with Crippen LogP contribution in [0.5, 0.6) is 0 Å². The van der Waals surface area contributed by atoms with Gasteiger partial charge in [0.2, 0.25) is 0 Å². The Morgan fingerprint density at radius 2 is 1.05 bits per heavy atom. The molecule has 0 aliphatic carbocycles. The lowest BCUT2D eigenvalue weighted by molar-refractivity contribution is -0.929. The van der Waals surface area contributed by atoms with Crippen molar-refractivity contribution in [1.29, 1.82) is 0 Å². The number of carbonyl (C=O) groups is 2. The third-order valence-electron chi connectivity index (χ3n) is 6.57. The van der Waals surface area contributed by atoms with Crippen LogP contribution in [0.2, 0.25) is 0 Å². The zero-order valence-corrected chi connectivity index (χ0v) is 23.9. The van der Waals surface area contributed by atoms with E-state index < -0.39 is 22.7 Å². The van der Waals surface area contributed by atoms with E-state index in [0.717, 1.165) is 0 Å². The van der Waals surface area contributed by atoms with Gasteiger partial charge in [-0.25, -0.2) is 9.00 Å². The molecule has 1 unspecified atom stereocenters. The third kappa shape index (κ3) is 10.8. The van der Waals surface area contributed by atoms with Crippen LogP contribution in [0.3, 0.4) is 0 Å². The second-order valence-corrected chi connectivity index (χ2v) is 10.9. The number of carbonyl (C=O) groups excluding carboxylic acids is 1. The van der Waals surface area contributed by atoms with Gasteiger partial charge in [0.1, 0.15) is 0 Å². The van der Waals surface area contributed by atoms with Crippen molar-refractivity contribution < 1.29 is 28.5 Å². The molecule has 2 aromatic rings. The van der Waals surface area contributed by atoms with Crippen LogP contribution in [0.15, 0.2) is 58.3 Å². The lowest BCUT2D eigenvalue weighted by Crippen LogP contribution is -2.50. The molecule has 0 aromatic heterocycles. The van der Waals surface area contributed by atoms with Crippen LogP contribution in [0.1, 0.15) is 99.8 Å². The maximum absolute atomic E-state index is 12.5. The van der Waals surface area contributed by atoms with Gasteiger partial charge in [0.05, 0.1) is 58.3 Å². The Labute approximate surface area is 225 Å². The summed E-state index contributed by atoms with van der Waals surface area (Å²) in [7, 11) is -1.91. The molecule has 2 aromatic carbocycles. The molecule has 0 radical (unpaired) electrons. The Balaban J connectivity index is 0.000000377. The Bertz CT molecular complexity index is 894. The average molecular weight is 532 g/mol. The topological polar surface area (TPSA) is 94.5 Å². The highest BCUT2D eigenvalue weighted by Crippen LogP contribution is 2.23.